The molecule has 12 heavy (non-hydrogen) atoms. The summed E-state index contributed by atoms with van der Waals surface area (Å²) in [5, 5.41) is 0. The maximum atomic E-state index is 10.5. The predicted molar refractivity (Wildman–Crippen MR) is 43.1 cm³/mol. The average Bonchev–Trinajstić information content (AvgIpc) is 2.06. The SMILES string of the molecule is COOc1ccc(S(=O)O)cc1. The molecule has 1 aromatic rings. The molecule has 0 saturated heterocycles. The molecule has 0 aliphatic carbocycles. The van der Waals surface area contributed by atoms with Gasteiger partial charge in [0.25, 0.3) is 0 Å². The van der Waals surface area contributed by atoms with Gasteiger partial charge in [0, 0.05) is 0 Å². The van der Waals surface area contributed by atoms with E-state index >= 15 is 0 Å². The van der Waals surface area contributed by atoms with Crippen LogP contribution in [-0.4, -0.2) is 15.9 Å². The highest BCUT2D eigenvalue weighted by molar-refractivity contribution is 7.79. The van der Waals surface area contributed by atoms with E-state index in [1.54, 1.807) is 12.1 Å². The molecule has 4 nitrogen and oxygen atoms in total. The smallest absolute Gasteiger partial charge is 0.186 e. The van der Waals surface area contributed by atoms with E-state index in [4.69, 9.17) is 4.55 Å². The van der Waals surface area contributed by atoms with Crippen molar-refractivity contribution in [3.63, 3.8) is 0 Å². The first-order chi connectivity index (χ1) is 5.74. The third-order valence-electron chi connectivity index (χ3n) is 1.20. The maximum absolute atomic E-state index is 10.5. The molecule has 0 aromatic heterocycles. The van der Waals surface area contributed by atoms with Crippen molar-refractivity contribution in [3.05, 3.63) is 24.3 Å². The lowest BCUT2D eigenvalue weighted by molar-refractivity contribution is -0.178. The molecular weight excluding hydrogens is 180 g/mol. The van der Waals surface area contributed by atoms with Crippen LogP contribution in [0.5, 0.6) is 5.75 Å². The summed E-state index contributed by atoms with van der Waals surface area (Å²) in [7, 11) is 1.39. The lowest BCUT2D eigenvalue weighted by atomic mass is 10.3. The molecule has 0 bridgehead atoms. The van der Waals surface area contributed by atoms with E-state index < -0.39 is 11.1 Å². The molecule has 1 atom stereocenters. The van der Waals surface area contributed by atoms with Gasteiger partial charge in [0.05, 0.1) is 12.0 Å². The van der Waals surface area contributed by atoms with Crippen LogP contribution in [0.2, 0.25) is 0 Å². The molecule has 0 spiro atoms. The summed E-state index contributed by atoms with van der Waals surface area (Å²) in [5.74, 6) is 0.492. The lowest BCUT2D eigenvalue weighted by Gasteiger charge is -2.00. The van der Waals surface area contributed by atoms with Crippen molar-refractivity contribution in [1.82, 2.24) is 0 Å². The largest absolute Gasteiger partial charge is 0.338 e. The fraction of sp³-hybridized carbons (Fsp3) is 0.143. The molecule has 0 aliphatic heterocycles. The van der Waals surface area contributed by atoms with Crippen LogP contribution in [0.3, 0.4) is 0 Å². The Balaban J connectivity index is 2.78. The van der Waals surface area contributed by atoms with Crippen molar-refractivity contribution in [1.29, 1.82) is 0 Å². The highest BCUT2D eigenvalue weighted by Crippen LogP contribution is 2.13. The van der Waals surface area contributed by atoms with Crippen LogP contribution in [0.15, 0.2) is 29.2 Å². The van der Waals surface area contributed by atoms with E-state index in [-0.39, 0.29) is 0 Å². The van der Waals surface area contributed by atoms with Gasteiger partial charge in [-0.05, 0) is 24.3 Å². The van der Waals surface area contributed by atoms with Gasteiger partial charge in [-0.1, -0.05) is 0 Å². The van der Waals surface area contributed by atoms with E-state index in [0.717, 1.165) is 0 Å². The minimum Gasteiger partial charge on any atom is -0.338 e. The molecule has 1 aromatic carbocycles. The molecule has 66 valence electrons. The van der Waals surface area contributed by atoms with Crippen LogP contribution < -0.4 is 4.89 Å². The van der Waals surface area contributed by atoms with E-state index in [1.807, 2.05) is 0 Å². The van der Waals surface area contributed by atoms with Crippen LogP contribution in [0.4, 0.5) is 0 Å². The zero-order chi connectivity index (χ0) is 8.97. The van der Waals surface area contributed by atoms with Crippen LogP contribution in [0, 0.1) is 0 Å². The highest BCUT2D eigenvalue weighted by Gasteiger charge is 1.99. The Morgan fingerprint density at radius 1 is 1.33 bits per heavy atom. The summed E-state index contributed by atoms with van der Waals surface area (Å²) in [4.78, 5) is 9.38. The van der Waals surface area contributed by atoms with Gasteiger partial charge in [0.15, 0.2) is 16.8 Å². The first-order valence-corrected chi connectivity index (χ1v) is 4.26. The van der Waals surface area contributed by atoms with E-state index in [2.05, 4.69) is 9.78 Å². The van der Waals surface area contributed by atoms with Gasteiger partial charge in [-0.2, -0.15) is 4.89 Å². The van der Waals surface area contributed by atoms with Crippen molar-refractivity contribution in [2.75, 3.05) is 7.11 Å². The monoisotopic (exact) mass is 188 g/mol. The Labute approximate surface area is 72.3 Å². The third kappa shape index (κ3) is 2.30. The molecular formula is C7H8O4S. The highest BCUT2D eigenvalue weighted by atomic mass is 32.2. The average molecular weight is 188 g/mol. The van der Waals surface area contributed by atoms with Crippen molar-refractivity contribution in [2.45, 2.75) is 4.90 Å². The quantitative estimate of drug-likeness (QED) is 0.440. The van der Waals surface area contributed by atoms with Crippen LogP contribution in [0.25, 0.3) is 0 Å². The minimum absolute atomic E-state index is 0.332. The molecule has 5 heteroatoms. The van der Waals surface area contributed by atoms with Gasteiger partial charge in [-0.3, -0.25) is 0 Å². The molecule has 0 radical (unpaired) electrons. The van der Waals surface area contributed by atoms with Gasteiger partial charge >= 0.3 is 0 Å². The van der Waals surface area contributed by atoms with E-state index in [1.165, 1.54) is 19.2 Å². The lowest BCUT2D eigenvalue weighted by Crippen LogP contribution is -1.91. The van der Waals surface area contributed by atoms with Crippen LogP contribution in [-0.2, 0) is 16.0 Å². The molecule has 0 amide bonds. The minimum atomic E-state index is -1.94. The number of benzene rings is 1. The maximum Gasteiger partial charge on any atom is 0.186 e. The van der Waals surface area contributed by atoms with Gasteiger partial charge < -0.3 is 9.44 Å². The van der Waals surface area contributed by atoms with Crippen LogP contribution in [0.1, 0.15) is 0 Å². The normalized spacial score (nSPS) is 12.5. The van der Waals surface area contributed by atoms with E-state index in [0.29, 0.717) is 10.6 Å². The fourth-order valence-corrected chi connectivity index (χ4v) is 1.08. The Morgan fingerprint density at radius 2 is 1.92 bits per heavy atom. The van der Waals surface area contributed by atoms with Crippen molar-refractivity contribution in [3.8, 4) is 5.75 Å². The zero-order valence-corrected chi connectivity index (χ0v) is 7.21. The van der Waals surface area contributed by atoms with Gasteiger partial charge in [-0.15, -0.1) is 0 Å². The second-order valence-electron chi connectivity index (χ2n) is 1.97. The molecule has 0 aliphatic rings. The molecule has 0 heterocycles. The molecule has 0 saturated carbocycles. The summed E-state index contributed by atoms with van der Waals surface area (Å²) >= 11 is -1.94. The number of rotatable bonds is 3. The number of hydrogen-bond acceptors (Lipinski definition) is 3. The van der Waals surface area contributed by atoms with Crippen molar-refractivity contribution >= 4 is 11.1 Å². The zero-order valence-electron chi connectivity index (χ0n) is 6.39. The molecule has 1 unspecified atom stereocenters. The summed E-state index contributed by atoms with van der Waals surface area (Å²) in [6, 6.07) is 6.08. The van der Waals surface area contributed by atoms with E-state index in [9.17, 15) is 4.21 Å². The summed E-state index contributed by atoms with van der Waals surface area (Å²) in [6.07, 6.45) is 0. The molecule has 0 fully saturated rings. The Bertz CT molecular complexity index is 269. The van der Waals surface area contributed by atoms with Crippen molar-refractivity contribution in [2.24, 2.45) is 0 Å². The second-order valence-corrected chi connectivity index (χ2v) is 2.94. The summed E-state index contributed by atoms with van der Waals surface area (Å²) in [6.45, 7) is 0. The first-order valence-electron chi connectivity index (χ1n) is 3.15. The van der Waals surface area contributed by atoms with Gasteiger partial charge in [0.2, 0.25) is 0 Å². The van der Waals surface area contributed by atoms with Crippen molar-refractivity contribution < 1.29 is 18.5 Å². The van der Waals surface area contributed by atoms with Gasteiger partial charge in [-0.25, -0.2) is 4.21 Å². The Morgan fingerprint density at radius 3 is 2.33 bits per heavy atom. The Kier molecular flexibility index (Phi) is 3.21. The van der Waals surface area contributed by atoms with Crippen LogP contribution >= 0.6 is 0 Å². The summed E-state index contributed by atoms with van der Waals surface area (Å²) in [5.41, 5.74) is 0. The molecule has 1 rings (SSSR count). The standard InChI is InChI=1S/C7H8O4S/c1-10-11-6-2-4-7(5-3-6)12(8)9/h2-5H,1H3,(H,8,9). The fourth-order valence-electron chi connectivity index (χ4n) is 0.708. The second kappa shape index (κ2) is 4.20. The first kappa shape index (κ1) is 9.18. The third-order valence-corrected chi connectivity index (χ3v) is 1.88. The topological polar surface area (TPSA) is 55.8 Å². The van der Waals surface area contributed by atoms with Gasteiger partial charge in [0.1, 0.15) is 0 Å². The predicted octanol–water partition coefficient (Wildman–Crippen LogP) is 1.21. The Hall–Kier alpha value is -0.910. The number of hydrogen-bond donors (Lipinski definition) is 1. The molecule has 1 N–H and O–H groups in total. The summed E-state index contributed by atoms with van der Waals surface area (Å²) < 4.78 is 19.2.